The minimum atomic E-state index is 0.398. The van der Waals surface area contributed by atoms with E-state index in [-0.39, 0.29) is 0 Å². The second-order valence-corrected chi connectivity index (χ2v) is 4.42. The highest BCUT2D eigenvalue weighted by molar-refractivity contribution is 4.99. The Kier molecular flexibility index (Phi) is 5.53. The Morgan fingerprint density at radius 1 is 1.31 bits per heavy atom. The van der Waals surface area contributed by atoms with E-state index in [1.165, 1.54) is 19.3 Å². The predicted octanol–water partition coefficient (Wildman–Crippen LogP) is 2.90. The molecule has 1 rings (SSSR count). The fourth-order valence-electron chi connectivity index (χ4n) is 2.19. The highest BCUT2D eigenvalue weighted by Crippen LogP contribution is 2.23. The fraction of sp³-hybridized carbons (Fsp3) is 0.769. The zero-order valence-corrected chi connectivity index (χ0v) is 11.0. The summed E-state index contributed by atoms with van der Waals surface area (Å²) in [5, 5.41) is 3.54. The van der Waals surface area contributed by atoms with E-state index >= 15 is 0 Å². The molecule has 0 fully saturated rings. The summed E-state index contributed by atoms with van der Waals surface area (Å²) in [7, 11) is 2.07. The Bertz CT molecular complexity index is 289. The van der Waals surface area contributed by atoms with E-state index in [0.717, 1.165) is 18.3 Å². The van der Waals surface area contributed by atoms with Crippen molar-refractivity contribution in [3.63, 3.8) is 0 Å². The van der Waals surface area contributed by atoms with Gasteiger partial charge >= 0.3 is 0 Å². The molecular formula is C13H25N3. The molecule has 0 aliphatic carbocycles. The second-order valence-electron chi connectivity index (χ2n) is 4.42. The van der Waals surface area contributed by atoms with Gasteiger partial charge in [0, 0.05) is 19.4 Å². The highest BCUT2D eigenvalue weighted by Gasteiger charge is 2.18. The number of rotatable bonds is 7. The first-order valence-corrected chi connectivity index (χ1v) is 6.43. The number of aromatic nitrogens is 2. The van der Waals surface area contributed by atoms with Crippen molar-refractivity contribution < 1.29 is 0 Å². The maximum absolute atomic E-state index is 4.46. The lowest BCUT2D eigenvalue weighted by atomic mass is 9.94. The lowest BCUT2D eigenvalue weighted by molar-refractivity contribution is 0.361. The van der Waals surface area contributed by atoms with Crippen LogP contribution in [-0.4, -0.2) is 16.1 Å². The minimum Gasteiger partial charge on any atom is -0.337 e. The Morgan fingerprint density at radius 2 is 2.00 bits per heavy atom. The average molecular weight is 223 g/mol. The van der Waals surface area contributed by atoms with Crippen molar-refractivity contribution in [3.05, 3.63) is 18.2 Å². The normalized spacial score (nSPS) is 13.3. The van der Waals surface area contributed by atoms with E-state index in [1.54, 1.807) is 0 Å². The van der Waals surface area contributed by atoms with Gasteiger partial charge in [0.15, 0.2) is 0 Å². The van der Waals surface area contributed by atoms with Crippen LogP contribution in [0.4, 0.5) is 0 Å². The third-order valence-electron chi connectivity index (χ3n) is 3.34. The molecule has 0 saturated heterocycles. The van der Waals surface area contributed by atoms with Crippen molar-refractivity contribution in [2.75, 3.05) is 6.54 Å². The van der Waals surface area contributed by atoms with Crippen molar-refractivity contribution in [1.82, 2.24) is 14.9 Å². The van der Waals surface area contributed by atoms with Crippen LogP contribution in [0.5, 0.6) is 0 Å². The molecule has 0 aromatic carbocycles. The van der Waals surface area contributed by atoms with Crippen molar-refractivity contribution in [2.45, 2.75) is 46.1 Å². The van der Waals surface area contributed by atoms with Gasteiger partial charge in [0.2, 0.25) is 0 Å². The first-order chi connectivity index (χ1) is 7.72. The monoisotopic (exact) mass is 223 g/mol. The molecule has 1 heterocycles. The van der Waals surface area contributed by atoms with E-state index in [9.17, 15) is 0 Å². The van der Waals surface area contributed by atoms with Crippen LogP contribution in [0.2, 0.25) is 0 Å². The lowest BCUT2D eigenvalue weighted by Gasteiger charge is -2.22. The van der Waals surface area contributed by atoms with E-state index in [4.69, 9.17) is 0 Å². The zero-order valence-electron chi connectivity index (χ0n) is 11.0. The molecule has 0 saturated carbocycles. The first kappa shape index (κ1) is 13.2. The largest absolute Gasteiger partial charge is 0.337 e. The van der Waals surface area contributed by atoms with Crippen LogP contribution >= 0.6 is 0 Å². The molecule has 3 nitrogen and oxygen atoms in total. The Balaban J connectivity index is 2.71. The van der Waals surface area contributed by atoms with Gasteiger partial charge in [0.1, 0.15) is 5.82 Å². The second kappa shape index (κ2) is 6.69. The molecule has 1 N–H and O–H groups in total. The number of imidazole rings is 1. The van der Waals surface area contributed by atoms with E-state index in [0.29, 0.717) is 6.04 Å². The highest BCUT2D eigenvalue weighted by atomic mass is 15.1. The minimum absolute atomic E-state index is 0.398. The summed E-state index contributed by atoms with van der Waals surface area (Å²) in [6.45, 7) is 7.70. The SMILES string of the molecule is CCNC(CC(CC)CC)c1nccn1C. The number of aryl methyl sites for hydroxylation is 1. The molecule has 1 unspecified atom stereocenters. The van der Waals surface area contributed by atoms with E-state index in [2.05, 4.69) is 42.7 Å². The number of nitrogens with one attached hydrogen (secondary N) is 1. The third-order valence-corrected chi connectivity index (χ3v) is 3.34. The zero-order chi connectivity index (χ0) is 12.0. The molecule has 92 valence electrons. The molecule has 16 heavy (non-hydrogen) atoms. The average Bonchev–Trinajstić information content (AvgIpc) is 2.71. The molecule has 0 bridgehead atoms. The van der Waals surface area contributed by atoms with Crippen molar-refractivity contribution >= 4 is 0 Å². The van der Waals surface area contributed by atoms with Gasteiger partial charge in [-0.25, -0.2) is 4.98 Å². The summed E-state index contributed by atoms with van der Waals surface area (Å²) in [4.78, 5) is 4.46. The molecule has 0 aliphatic rings. The van der Waals surface area contributed by atoms with Crippen LogP contribution in [0.15, 0.2) is 12.4 Å². The fourth-order valence-corrected chi connectivity index (χ4v) is 2.19. The summed E-state index contributed by atoms with van der Waals surface area (Å²) in [5.74, 6) is 1.95. The summed E-state index contributed by atoms with van der Waals surface area (Å²) < 4.78 is 2.12. The smallest absolute Gasteiger partial charge is 0.125 e. The molecule has 3 heteroatoms. The summed E-state index contributed by atoms with van der Waals surface area (Å²) >= 11 is 0. The van der Waals surface area contributed by atoms with Crippen molar-refractivity contribution in [2.24, 2.45) is 13.0 Å². The quantitative estimate of drug-likeness (QED) is 0.770. The van der Waals surface area contributed by atoms with E-state index < -0.39 is 0 Å². The summed E-state index contributed by atoms with van der Waals surface area (Å²) in [5.41, 5.74) is 0. The van der Waals surface area contributed by atoms with Gasteiger partial charge in [0.25, 0.3) is 0 Å². The Morgan fingerprint density at radius 3 is 2.44 bits per heavy atom. The van der Waals surface area contributed by atoms with Gasteiger partial charge in [-0.05, 0) is 18.9 Å². The maximum Gasteiger partial charge on any atom is 0.125 e. The molecule has 1 aromatic rings. The lowest BCUT2D eigenvalue weighted by Crippen LogP contribution is -2.25. The van der Waals surface area contributed by atoms with Gasteiger partial charge in [-0.2, -0.15) is 0 Å². The van der Waals surface area contributed by atoms with Gasteiger partial charge in [-0.1, -0.05) is 33.6 Å². The molecule has 0 spiro atoms. The predicted molar refractivity (Wildman–Crippen MR) is 68.3 cm³/mol. The number of nitrogens with zero attached hydrogens (tertiary/aromatic N) is 2. The number of hydrogen-bond donors (Lipinski definition) is 1. The van der Waals surface area contributed by atoms with Crippen LogP contribution < -0.4 is 5.32 Å². The standard InChI is InChI=1S/C13H25N3/c1-5-11(6-2)10-12(14-7-3)13-15-8-9-16(13)4/h8-9,11-12,14H,5-7,10H2,1-4H3. The van der Waals surface area contributed by atoms with Crippen LogP contribution in [-0.2, 0) is 7.05 Å². The van der Waals surface area contributed by atoms with Gasteiger partial charge in [-0.3, -0.25) is 0 Å². The molecule has 0 amide bonds. The summed E-state index contributed by atoms with van der Waals surface area (Å²) in [6, 6.07) is 0.398. The molecule has 1 atom stereocenters. The Labute approximate surface area is 99.3 Å². The topological polar surface area (TPSA) is 29.9 Å². The third kappa shape index (κ3) is 3.34. The molecular weight excluding hydrogens is 198 g/mol. The van der Waals surface area contributed by atoms with Crippen molar-refractivity contribution in [1.29, 1.82) is 0 Å². The number of hydrogen-bond acceptors (Lipinski definition) is 2. The molecule has 1 aromatic heterocycles. The van der Waals surface area contributed by atoms with Crippen LogP contribution in [0.3, 0.4) is 0 Å². The first-order valence-electron chi connectivity index (χ1n) is 6.43. The summed E-state index contributed by atoms with van der Waals surface area (Å²) in [6.07, 6.45) is 7.59. The van der Waals surface area contributed by atoms with Crippen LogP contribution in [0, 0.1) is 5.92 Å². The maximum atomic E-state index is 4.46. The van der Waals surface area contributed by atoms with Crippen LogP contribution in [0.25, 0.3) is 0 Å². The molecule has 0 radical (unpaired) electrons. The van der Waals surface area contributed by atoms with Gasteiger partial charge in [0.05, 0.1) is 6.04 Å². The van der Waals surface area contributed by atoms with Gasteiger partial charge < -0.3 is 9.88 Å². The van der Waals surface area contributed by atoms with E-state index in [1.807, 2.05) is 12.4 Å². The van der Waals surface area contributed by atoms with Crippen molar-refractivity contribution in [3.8, 4) is 0 Å². The van der Waals surface area contributed by atoms with Crippen LogP contribution in [0.1, 0.15) is 51.9 Å². The molecule has 0 aliphatic heterocycles. The Hall–Kier alpha value is -0.830. The van der Waals surface area contributed by atoms with Gasteiger partial charge in [-0.15, -0.1) is 0 Å².